The highest BCUT2D eigenvalue weighted by atomic mass is 79.9. The number of amides is 1. The molecule has 1 saturated carbocycles. The van der Waals surface area contributed by atoms with E-state index in [2.05, 4.69) is 21.2 Å². The van der Waals surface area contributed by atoms with Crippen LogP contribution in [0.5, 0.6) is 0 Å². The number of carboxylic acids is 1. The van der Waals surface area contributed by atoms with E-state index in [9.17, 15) is 9.59 Å². The van der Waals surface area contributed by atoms with Crippen molar-refractivity contribution in [2.75, 3.05) is 0 Å². The van der Waals surface area contributed by atoms with Crippen molar-refractivity contribution in [1.29, 1.82) is 0 Å². The molecule has 0 radical (unpaired) electrons. The predicted octanol–water partition coefficient (Wildman–Crippen LogP) is 2.03. The van der Waals surface area contributed by atoms with Crippen LogP contribution in [0.3, 0.4) is 0 Å². The number of nitrogens with one attached hydrogen (secondary N) is 1. The van der Waals surface area contributed by atoms with Crippen LogP contribution < -0.4 is 5.32 Å². The monoisotopic (exact) mass is 311 g/mol. The molecule has 4 nitrogen and oxygen atoms in total. The van der Waals surface area contributed by atoms with Crippen molar-refractivity contribution in [3.05, 3.63) is 33.8 Å². The van der Waals surface area contributed by atoms with E-state index >= 15 is 0 Å². The van der Waals surface area contributed by atoms with Crippen LogP contribution in [0.4, 0.5) is 0 Å². The third-order valence-corrected chi connectivity index (χ3v) is 3.69. The Balaban J connectivity index is 2.02. The summed E-state index contributed by atoms with van der Waals surface area (Å²) in [5.41, 5.74) is 0.928. The Labute approximate surface area is 114 Å². The average molecular weight is 312 g/mol. The smallest absolute Gasteiger partial charge is 0.329 e. The number of aryl methyl sites for hydroxylation is 1. The second-order valence-electron chi connectivity index (χ2n) is 4.68. The van der Waals surface area contributed by atoms with Gasteiger partial charge in [0.15, 0.2) is 0 Å². The summed E-state index contributed by atoms with van der Waals surface area (Å²) < 4.78 is 0.966. The molecule has 2 N–H and O–H groups in total. The van der Waals surface area contributed by atoms with Crippen molar-refractivity contribution >= 4 is 27.8 Å². The van der Waals surface area contributed by atoms with Crippen LogP contribution in [0.25, 0.3) is 0 Å². The van der Waals surface area contributed by atoms with Gasteiger partial charge in [0.2, 0.25) is 5.91 Å². The van der Waals surface area contributed by atoms with Crippen LogP contribution in [-0.2, 0) is 16.0 Å². The molecule has 96 valence electrons. The number of hydrogen-bond donors (Lipinski definition) is 2. The van der Waals surface area contributed by atoms with E-state index in [4.69, 9.17) is 5.11 Å². The molecule has 1 aromatic carbocycles. The highest BCUT2D eigenvalue weighted by Gasteiger charge is 2.51. The van der Waals surface area contributed by atoms with Gasteiger partial charge in [0.25, 0.3) is 0 Å². The molecule has 0 heterocycles. The molecule has 1 aromatic rings. The average Bonchev–Trinajstić information content (AvgIpc) is 3.03. The Kier molecular flexibility index (Phi) is 3.43. The molecule has 0 spiro atoms. The van der Waals surface area contributed by atoms with Gasteiger partial charge in [-0.15, -0.1) is 0 Å². The van der Waals surface area contributed by atoms with Crippen LogP contribution in [-0.4, -0.2) is 22.5 Å². The molecular formula is C13H14BrNO3. The third kappa shape index (κ3) is 2.72. The van der Waals surface area contributed by atoms with Crippen molar-refractivity contribution in [2.45, 2.75) is 31.7 Å². The maximum atomic E-state index is 11.8. The Morgan fingerprint density at radius 1 is 1.44 bits per heavy atom. The number of aliphatic carboxylic acids is 1. The standard InChI is InChI=1S/C13H14BrNO3/c1-8-6-10(14)3-2-9(8)7-11(16)15-13(4-5-13)12(17)18/h2-3,6H,4-5,7H2,1H3,(H,15,16)(H,17,18). The fraction of sp³-hybridized carbons (Fsp3) is 0.385. The van der Waals surface area contributed by atoms with E-state index in [0.29, 0.717) is 12.8 Å². The Bertz CT molecular complexity index is 509. The number of benzene rings is 1. The van der Waals surface area contributed by atoms with Crippen molar-refractivity contribution in [3.63, 3.8) is 0 Å². The quantitative estimate of drug-likeness (QED) is 0.894. The lowest BCUT2D eigenvalue weighted by atomic mass is 10.1. The minimum atomic E-state index is -1.000. The molecule has 1 fully saturated rings. The van der Waals surface area contributed by atoms with Crippen LogP contribution in [0.2, 0.25) is 0 Å². The lowest BCUT2D eigenvalue weighted by Gasteiger charge is -2.13. The van der Waals surface area contributed by atoms with Crippen LogP contribution >= 0.6 is 15.9 Å². The molecule has 2 rings (SSSR count). The first-order valence-electron chi connectivity index (χ1n) is 5.72. The van der Waals surface area contributed by atoms with Gasteiger partial charge in [-0.25, -0.2) is 4.79 Å². The maximum Gasteiger partial charge on any atom is 0.329 e. The van der Waals surface area contributed by atoms with E-state index in [0.717, 1.165) is 15.6 Å². The molecule has 18 heavy (non-hydrogen) atoms. The van der Waals surface area contributed by atoms with Gasteiger partial charge in [-0.05, 0) is 43.0 Å². The number of hydrogen-bond acceptors (Lipinski definition) is 2. The molecule has 0 aromatic heterocycles. The number of rotatable bonds is 4. The summed E-state index contributed by atoms with van der Waals surface area (Å²) in [4.78, 5) is 22.8. The first-order valence-corrected chi connectivity index (χ1v) is 6.52. The summed E-state index contributed by atoms with van der Waals surface area (Å²) in [6, 6.07) is 5.69. The first kappa shape index (κ1) is 13.1. The highest BCUT2D eigenvalue weighted by Crippen LogP contribution is 2.35. The van der Waals surface area contributed by atoms with Gasteiger partial charge in [0.05, 0.1) is 6.42 Å². The van der Waals surface area contributed by atoms with E-state index in [1.807, 2.05) is 25.1 Å². The molecule has 5 heteroatoms. The molecular weight excluding hydrogens is 298 g/mol. The second-order valence-corrected chi connectivity index (χ2v) is 5.60. The molecule has 1 aliphatic carbocycles. The van der Waals surface area contributed by atoms with E-state index in [1.165, 1.54) is 0 Å². The summed E-state index contributed by atoms with van der Waals surface area (Å²) in [5, 5.41) is 11.6. The third-order valence-electron chi connectivity index (χ3n) is 3.19. The highest BCUT2D eigenvalue weighted by molar-refractivity contribution is 9.10. The van der Waals surface area contributed by atoms with Crippen LogP contribution in [0, 0.1) is 6.92 Å². The zero-order valence-corrected chi connectivity index (χ0v) is 11.6. The lowest BCUT2D eigenvalue weighted by molar-refractivity contribution is -0.143. The predicted molar refractivity (Wildman–Crippen MR) is 70.3 cm³/mol. The molecule has 1 amide bonds. The van der Waals surface area contributed by atoms with Crippen molar-refractivity contribution < 1.29 is 14.7 Å². The maximum absolute atomic E-state index is 11.8. The fourth-order valence-corrected chi connectivity index (χ4v) is 2.33. The van der Waals surface area contributed by atoms with E-state index < -0.39 is 11.5 Å². The van der Waals surface area contributed by atoms with E-state index in [1.54, 1.807) is 0 Å². The van der Waals surface area contributed by atoms with Gasteiger partial charge in [-0.1, -0.05) is 22.0 Å². The fourth-order valence-electron chi connectivity index (χ4n) is 1.86. The molecule has 0 unspecified atom stereocenters. The van der Waals surface area contributed by atoms with E-state index in [-0.39, 0.29) is 12.3 Å². The largest absolute Gasteiger partial charge is 0.480 e. The Morgan fingerprint density at radius 2 is 2.11 bits per heavy atom. The zero-order chi connectivity index (χ0) is 13.3. The minimum absolute atomic E-state index is 0.216. The summed E-state index contributed by atoms with van der Waals surface area (Å²) in [6.07, 6.45) is 1.26. The van der Waals surface area contributed by atoms with Crippen molar-refractivity contribution in [3.8, 4) is 0 Å². The Hall–Kier alpha value is -1.36. The molecule has 0 atom stereocenters. The number of carboxylic acid groups (broad SMARTS) is 1. The van der Waals surface area contributed by atoms with Crippen LogP contribution in [0.15, 0.2) is 22.7 Å². The van der Waals surface area contributed by atoms with Gasteiger partial charge in [0.1, 0.15) is 5.54 Å². The molecule has 1 aliphatic rings. The second kappa shape index (κ2) is 4.72. The summed E-state index contributed by atoms with van der Waals surface area (Å²) in [5.74, 6) is -1.18. The number of halogens is 1. The minimum Gasteiger partial charge on any atom is -0.480 e. The van der Waals surface area contributed by atoms with Crippen LogP contribution in [0.1, 0.15) is 24.0 Å². The SMILES string of the molecule is Cc1cc(Br)ccc1CC(=O)NC1(C(=O)O)CC1. The van der Waals surface area contributed by atoms with Crippen molar-refractivity contribution in [2.24, 2.45) is 0 Å². The van der Waals surface area contributed by atoms with Crippen molar-refractivity contribution in [1.82, 2.24) is 5.32 Å². The Morgan fingerprint density at radius 3 is 2.61 bits per heavy atom. The van der Waals surface area contributed by atoms with Gasteiger partial charge >= 0.3 is 5.97 Å². The zero-order valence-electron chi connectivity index (χ0n) is 10.00. The number of carbonyl (C=O) groups is 2. The summed E-state index contributed by atoms with van der Waals surface area (Å²) in [7, 11) is 0. The topological polar surface area (TPSA) is 66.4 Å². The molecule has 0 aliphatic heterocycles. The van der Waals surface area contributed by atoms with Gasteiger partial charge < -0.3 is 10.4 Å². The molecule has 0 saturated heterocycles. The summed E-state index contributed by atoms with van der Waals surface area (Å²) >= 11 is 3.36. The summed E-state index contributed by atoms with van der Waals surface area (Å²) in [6.45, 7) is 1.93. The molecule has 0 bridgehead atoms. The normalized spacial score (nSPS) is 16.1. The first-order chi connectivity index (χ1) is 8.43. The van der Waals surface area contributed by atoms with Gasteiger partial charge in [-0.2, -0.15) is 0 Å². The van der Waals surface area contributed by atoms with Gasteiger partial charge in [-0.3, -0.25) is 4.79 Å². The van der Waals surface area contributed by atoms with Gasteiger partial charge in [0, 0.05) is 4.47 Å². The number of carbonyl (C=O) groups excluding carboxylic acids is 1. The lowest BCUT2D eigenvalue weighted by Crippen LogP contribution is -2.43.